The lowest BCUT2D eigenvalue weighted by molar-refractivity contribution is -0.120. The van der Waals surface area contributed by atoms with E-state index in [0.29, 0.717) is 12.8 Å². The van der Waals surface area contributed by atoms with Crippen molar-refractivity contribution in [3.8, 4) is 16.9 Å². The fourth-order valence-electron chi connectivity index (χ4n) is 6.06. The van der Waals surface area contributed by atoms with E-state index < -0.39 is 5.41 Å². The van der Waals surface area contributed by atoms with Crippen molar-refractivity contribution < 1.29 is 9.53 Å². The number of methoxy groups -OCH3 is 1. The largest absolute Gasteiger partial charge is 0.497 e. The van der Waals surface area contributed by atoms with Crippen molar-refractivity contribution in [3.63, 3.8) is 0 Å². The van der Waals surface area contributed by atoms with Gasteiger partial charge in [0.2, 0.25) is 0 Å². The van der Waals surface area contributed by atoms with Crippen LogP contribution in [0.1, 0.15) is 39.2 Å². The number of carbonyl (C=O) groups is 1. The monoisotopic (exact) mass is 479 g/mol. The Morgan fingerprint density at radius 3 is 2.81 bits per heavy atom. The van der Waals surface area contributed by atoms with Crippen LogP contribution in [0.3, 0.4) is 0 Å². The van der Waals surface area contributed by atoms with Crippen molar-refractivity contribution in [3.05, 3.63) is 83.3 Å². The van der Waals surface area contributed by atoms with Crippen LogP contribution in [0.25, 0.3) is 22.0 Å². The van der Waals surface area contributed by atoms with Crippen molar-refractivity contribution >= 4 is 16.8 Å². The summed E-state index contributed by atoms with van der Waals surface area (Å²) in [7, 11) is 1.67. The summed E-state index contributed by atoms with van der Waals surface area (Å²) in [6.45, 7) is 6.24. The van der Waals surface area contributed by atoms with E-state index in [0.717, 1.165) is 50.2 Å². The van der Waals surface area contributed by atoms with Crippen LogP contribution in [-0.4, -0.2) is 29.7 Å². The summed E-state index contributed by atoms with van der Waals surface area (Å²) in [4.78, 5) is 18.2. The maximum atomic E-state index is 13.7. The summed E-state index contributed by atoms with van der Waals surface area (Å²) in [6, 6.07) is 16.5. The number of ether oxygens (including phenoxy) is 1. The van der Waals surface area contributed by atoms with Gasteiger partial charge in [-0.25, -0.2) is 0 Å². The zero-order chi connectivity index (χ0) is 25.1. The molecule has 2 aromatic carbocycles. The van der Waals surface area contributed by atoms with Crippen molar-refractivity contribution in [1.29, 1.82) is 0 Å². The number of amides is 1. The molecule has 7 nitrogen and oxygen atoms in total. The third kappa shape index (κ3) is 3.26. The Bertz CT molecular complexity index is 1500. The number of hydrogen-bond acceptors (Lipinski definition) is 6. The third-order valence-electron chi connectivity index (χ3n) is 7.65. The number of aromatic nitrogens is 1. The smallest absolute Gasteiger partial charge is 0.250 e. The highest BCUT2D eigenvalue weighted by Gasteiger charge is 2.53. The summed E-state index contributed by atoms with van der Waals surface area (Å²) < 4.78 is 5.49. The summed E-state index contributed by atoms with van der Waals surface area (Å²) in [5.41, 5.74) is 5.86. The molecule has 2 N–H and O–H groups in total. The SMILES string of the molecule is CC[C@@]1(c2cccc(-c3ccnc4ccc(OC)cc34)c2)C2=CN=NC2NC2=C1C(=O)NC(C)(C)C2. The molecule has 7 heteroatoms. The summed E-state index contributed by atoms with van der Waals surface area (Å²) in [5, 5.41) is 16.5. The van der Waals surface area contributed by atoms with E-state index in [2.05, 4.69) is 70.9 Å². The molecule has 2 atom stereocenters. The molecule has 1 amide bonds. The Morgan fingerprint density at radius 2 is 2.00 bits per heavy atom. The van der Waals surface area contributed by atoms with E-state index >= 15 is 0 Å². The molecule has 0 aliphatic carbocycles. The molecular formula is C29H29N5O2. The van der Waals surface area contributed by atoms with Crippen LogP contribution in [0.2, 0.25) is 0 Å². The molecule has 0 radical (unpaired) electrons. The van der Waals surface area contributed by atoms with Gasteiger partial charge in [-0.15, -0.1) is 0 Å². The lowest BCUT2D eigenvalue weighted by atomic mass is 9.62. The maximum Gasteiger partial charge on any atom is 0.250 e. The van der Waals surface area contributed by atoms with E-state index in [9.17, 15) is 4.79 Å². The molecule has 0 fully saturated rings. The average Bonchev–Trinajstić information content (AvgIpc) is 3.35. The van der Waals surface area contributed by atoms with Gasteiger partial charge in [0, 0.05) is 34.8 Å². The van der Waals surface area contributed by atoms with E-state index in [1.54, 1.807) is 7.11 Å². The predicted molar refractivity (Wildman–Crippen MR) is 139 cm³/mol. The normalized spacial score (nSPS) is 24.1. The minimum absolute atomic E-state index is 0.0358. The Hall–Kier alpha value is -4.00. The Labute approximate surface area is 210 Å². The van der Waals surface area contributed by atoms with Gasteiger partial charge in [0.05, 0.1) is 29.8 Å². The average molecular weight is 480 g/mol. The molecule has 0 saturated carbocycles. The van der Waals surface area contributed by atoms with E-state index in [1.165, 1.54) is 0 Å². The number of rotatable bonds is 4. The van der Waals surface area contributed by atoms with Gasteiger partial charge in [0.15, 0.2) is 6.17 Å². The molecule has 1 unspecified atom stereocenters. The van der Waals surface area contributed by atoms with Crippen molar-refractivity contribution in [2.75, 3.05) is 7.11 Å². The first-order valence-corrected chi connectivity index (χ1v) is 12.3. The van der Waals surface area contributed by atoms with Gasteiger partial charge >= 0.3 is 0 Å². The number of nitrogens with zero attached hydrogens (tertiary/aromatic N) is 3. The molecule has 3 aliphatic heterocycles. The highest BCUT2D eigenvalue weighted by Crippen LogP contribution is 2.51. The van der Waals surface area contributed by atoms with Crippen molar-refractivity contribution in [2.45, 2.75) is 50.7 Å². The molecule has 182 valence electrons. The topological polar surface area (TPSA) is 88.0 Å². The highest BCUT2D eigenvalue weighted by atomic mass is 16.5. The highest BCUT2D eigenvalue weighted by molar-refractivity contribution is 6.00. The molecule has 6 rings (SSSR count). The summed E-state index contributed by atoms with van der Waals surface area (Å²) >= 11 is 0. The molecule has 3 aromatic rings. The van der Waals surface area contributed by atoms with Gasteiger partial charge in [0.25, 0.3) is 5.91 Å². The number of fused-ring (bicyclic) bond motifs is 2. The van der Waals surface area contributed by atoms with Gasteiger partial charge < -0.3 is 15.4 Å². The molecule has 0 spiro atoms. The van der Waals surface area contributed by atoms with E-state index in [-0.39, 0.29) is 17.6 Å². The van der Waals surface area contributed by atoms with Crippen LogP contribution in [0.15, 0.2) is 88.0 Å². The van der Waals surface area contributed by atoms with Gasteiger partial charge in [-0.3, -0.25) is 9.78 Å². The van der Waals surface area contributed by atoms with Crippen LogP contribution in [0, 0.1) is 0 Å². The number of pyridine rings is 1. The van der Waals surface area contributed by atoms with Crippen LogP contribution < -0.4 is 15.4 Å². The quantitative estimate of drug-likeness (QED) is 0.525. The number of carbonyl (C=O) groups excluding carboxylic acids is 1. The van der Waals surface area contributed by atoms with Crippen LogP contribution >= 0.6 is 0 Å². The lowest BCUT2D eigenvalue weighted by Gasteiger charge is -2.48. The third-order valence-corrected chi connectivity index (χ3v) is 7.65. The van der Waals surface area contributed by atoms with E-state index in [4.69, 9.17) is 4.74 Å². The fourth-order valence-corrected chi connectivity index (χ4v) is 6.06. The minimum atomic E-state index is -0.633. The molecule has 36 heavy (non-hydrogen) atoms. The van der Waals surface area contributed by atoms with Gasteiger partial charge in [-0.2, -0.15) is 10.2 Å². The van der Waals surface area contributed by atoms with Crippen molar-refractivity contribution in [1.82, 2.24) is 15.6 Å². The number of benzene rings is 2. The van der Waals surface area contributed by atoms with Gasteiger partial charge in [0.1, 0.15) is 5.75 Å². The molecule has 4 heterocycles. The Balaban J connectivity index is 1.57. The first kappa shape index (κ1) is 22.5. The van der Waals surface area contributed by atoms with Crippen LogP contribution in [0.5, 0.6) is 5.75 Å². The summed E-state index contributed by atoms with van der Waals surface area (Å²) in [5.74, 6) is 0.751. The predicted octanol–water partition coefficient (Wildman–Crippen LogP) is 5.39. The Morgan fingerprint density at radius 1 is 1.14 bits per heavy atom. The number of hydrogen-bond donors (Lipinski definition) is 2. The first-order chi connectivity index (χ1) is 17.4. The first-order valence-electron chi connectivity index (χ1n) is 12.3. The molecule has 0 saturated heterocycles. The second kappa shape index (κ2) is 8.01. The number of nitrogens with one attached hydrogen (secondary N) is 2. The van der Waals surface area contributed by atoms with Gasteiger partial charge in [-0.05, 0) is 67.3 Å². The minimum Gasteiger partial charge on any atom is -0.497 e. The molecule has 3 aliphatic rings. The number of azo groups is 1. The maximum absolute atomic E-state index is 13.7. The summed E-state index contributed by atoms with van der Waals surface area (Å²) in [6.07, 6.45) is 4.83. The molecular weight excluding hydrogens is 450 g/mol. The van der Waals surface area contributed by atoms with E-state index in [1.807, 2.05) is 36.7 Å². The zero-order valence-corrected chi connectivity index (χ0v) is 20.9. The Kier molecular flexibility index (Phi) is 5.00. The second-order valence-corrected chi connectivity index (χ2v) is 10.3. The standard InChI is InChI=1S/C29H29N5O2/c1-5-29(22-16-31-34-26(22)32-24-15-28(2,3)33-27(35)25(24)29)18-8-6-7-17(13-18)20-11-12-30-23-10-9-19(36-4)14-21(20)23/h6-14,16,26,32H,5,15H2,1-4H3,(H,33,35)/t26?,29-/m1/s1. The van der Waals surface area contributed by atoms with Crippen LogP contribution in [0.4, 0.5) is 0 Å². The molecule has 1 aromatic heterocycles. The zero-order valence-electron chi connectivity index (χ0n) is 20.9. The van der Waals surface area contributed by atoms with Crippen molar-refractivity contribution in [2.24, 2.45) is 10.2 Å². The lowest BCUT2D eigenvalue weighted by Crippen LogP contribution is -2.58. The molecule has 0 bridgehead atoms. The van der Waals surface area contributed by atoms with Gasteiger partial charge in [-0.1, -0.05) is 25.1 Å². The van der Waals surface area contributed by atoms with Crippen LogP contribution in [-0.2, 0) is 10.2 Å². The fraction of sp³-hybridized carbons (Fsp3) is 0.310. The second-order valence-electron chi connectivity index (χ2n) is 10.3.